The molecule has 3 aromatic rings. The van der Waals surface area contributed by atoms with Crippen molar-refractivity contribution in [2.45, 2.75) is 52.0 Å². The van der Waals surface area contributed by atoms with Gasteiger partial charge in [-0.1, -0.05) is 57.5 Å². The number of anilines is 1. The largest absolute Gasteiger partial charge is 0.508 e. The number of nitrogens with zero attached hydrogens (tertiary/aromatic N) is 1. The molecule has 33 heavy (non-hydrogen) atoms. The van der Waals surface area contributed by atoms with Crippen LogP contribution >= 0.6 is 11.6 Å². The summed E-state index contributed by atoms with van der Waals surface area (Å²) >= 11 is 6.31. The van der Waals surface area contributed by atoms with Crippen LogP contribution < -0.4 is 5.32 Å². The number of halogens is 1. The number of aliphatic imine (C=N–C) groups is 1. The van der Waals surface area contributed by atoms with Crippen molar-refractivity contribution in [2.75, 3.05) is 5.32 Å². The zero-order valence-corrected chi connectivity index (χ0v) is 20.1. The van der Waals surface area contributed by atoms with Crippen molar-refractivity contribution >= 4 is 28.9 Å². The number of carbonyl (C=O) groups excluding carboxylic acids is 1. The zero-order chi connectivity index (χ0) is 23.7. The molecule has 0 fully saturated rings. The van der Waals surface area contributed by atoms with Crippen LogP contribution in [0.25, 0.3) is 0 Å². The molecule has 4 rings (SSSR count). The first-order chi connectivity index (χ1) is 15.7. The SMILES string of the molecule is CC(C)c1cccc(C(C)C)c1CC1N=C(c2ccc(O)cc2)c2cc(Cl)ccc2NC1=O. The molecule has 1 unspecified atom stereocenters. The molecule has 0 aliphatic carbocycles. The normalized spacial score (nSPS) is 15.8. The van der Waals surface area contributed by atoms with E-state index in [4.69, 9.17) is 16.6 Å². The average molecular weight is 461 g/mol. The number of phenols is 1. The Bertz CT molecular complexity index is 1190. The van der Waals surface area contributed by atoms with Gasteiger partial charge in [0.2, 0.25) is 5.91 Å². The highest BCUT2D eigenvalue weighted by atomic mass is 35.5. The number of nitrogens with one attached hydrogen (secondary N) is 1. The molecule has 0 saturated carbocycles. The maximum absolute atomic E-state index is 13.4. The fourth-order valence-corrected chi connectivity index (χ4v) is 4.62. The van der Waals surface area contributed by atoms with Gasteiger partial charge in [0.1, 0.15) is 11.8 Å². The first-order valence-electron chi connectivity index (χ1n) is 11.3. The molecule has 2 N–H and O–H groups in total. The third kappa shape index (κ3) is 4.81. The van der Waals surface area contributed by atoms with Gasteiger partial charge >= 0.3 is 0 Å². The van der Waals surface area contributed by atoms with Crippen LogP contribution in [0.5, 0.6) is 5.75 Å². The fourth-order valence-electron chi connectivity index (χ4n) is 4.44. The minimum absolute atomic E-state index is 0.138. The lowest BCUT2D eigenvalue weighted by molar-refractivity contribution is -0.117. The lowest BCUT2D eigenvalue weighted by atomic mass is 9.85. The molecule has 1 aliphatic rings. The minimum atomic E-state index is -0.600. The van der Waals surface area contributed by atoms with E-state index in [1.165, 1.54) is 16.7 Å². The van der Waals surface area contributed by atoms with Crippen molar-refractivity contribution in [1.82, 2.24) is 0 Å². The first kappa shape index (κ1) is 23.1. The molecule has 0 spiro atoms. The lowest BCUT2D eigenvalue weighted by Crippen LogP contribution is -2.28. The molecule has 4 nitrogen and oxygen atoms in total. The second kappa shape index (κ2) is 9.40. The van der Waals surface area contributed by atoms with E-state index in [2.05, 4.69) is 51.2 Å². The molecule has 0 saturated heterocycles. The molecular formula is C28H29ClN2O2. The Labute approximate surface area is 200 Å². The number of aromatic hydroxyl groups is 1. The number of fused-ring (bicyclic) bond motifs is 1. The fraction of sp³-hybridized carbons (Fsp3) is 0.286. The number of benzene rings is 3. The number of benzodiazepines with no additional fused rings is 1. The van der Waals surface area contributed by atoms with E-state index in [0.717, 1.165) is 11.1 Å². The van der Waals surface area contributed by atoms with E-state index in [0.29, 0.717) is 34.7 Å². The molecule has 1 amide bonds. The molecule has 0 radical (unpaired) electrons. The summed E-state index contributed by atoms with van der Waals surface area (Å²) in [6.07, 6.45) is 0.511. The van der Waals surface area contributed by atoms with Gasteiger partial charge in [0.25, 0.3) is 0 Å². The quantitative estimate of drug-likeness (QED) is 0.445. The Balaban J connectivity index is 1.87. The predicted molar refractivity (Wildman–Crippen MR) is 136 cm³/mol. The van der Waals surface area contributed by atoms with Crippen molar-refractivity contribution in [3.8, 4) is 5.75 Å². The molecule has 1 aliphatic heterocycles. The van der Waals surface area contributed by atoms with Crippen molar-refractivity contribution in [2.24, 2.45) is 4.99 Å². The average Bonchev–Trinajstić information content (AvgIpc) is 2.90. The van der Waals surface area contributed by atoms with Gasteiger partial charge < -0.3 is 10.4 Å². The summed E-state index contributed by atoms with van der Waals surface area (Å²) in [6, 6.07) is 18.1. The van der Waals surface area contributed by atoms with Crippen molar-refractivity contribution < 1.29 is 9.90 Å². The highest BCUT2D eigenvalue weighted by molar-refractivity contribution is 6.32. The molecule has 1 atom stereocenters. The molecule has 3 aromatic carbocycles. The van der Waals surface area contributed by atoms with Crippen LogP contribution in [-0.2, 0) is 11.2 Å². The number of hydrogen-bond acceptors (Lipinski definition) is 3. The number of phenolic OH excluding ortho intramolecular Hbond substituents is 1. The summed E-state index contributed by atoms with van der Waals surface area (Å²) in [6.45, 7) is 8.72. The number of hydrogen-bond donors (Lipinski definition) is 2. The van der Waals surface area contributed by atoms with Crippen molar-refractivity contribution in [1.29, 1.82) is 0 Å². The summed E-state index contributed by atoms with van der Waals surface area (Å²) < 4.78 is 0. The van der Waals surface area contributed by atoms with Crippen LogP contribution in [-0.4, -0.2) is 22.8 Å². The third-order valence-electron chi connectivity index (χ3n) is 6.11. The molecule has 5 heteroatoms. The van der Waals surface area contributed by atoms with Crippen LogP contribution in [0.15, 0.2) is 65.7 Å². The van der Waals surface area contributed by atoms with Crippen LogP contribution in [0.3, 0.4) is 0 Å². The summed E-state index contributed by atoms with van der Waals surface area (Å²) in [5.74, 6) is 0.714. The Morgan fingerprint density at radius 3 is 2.21 bits per heavy atom. The van der Waals surface area contributed by atoms with Crippen LogP contribution in [0.2, 0.25) is 5.02 Å². The Kier molecular flexibility index (Phi) is 6.57. The van der Waals surface area contributed by atoms with Gasteiger partial charge in [-0.25, -0.2) is 0 Å². The number of rotatable bonds is 5. The van der Waals surface area contributed by atoms with Crippen LogP contribution in [0.4, 0.5) is 5.69 Å². The summed E-state index contributed by atoms with van der Waals surface area (Å²) in [4.78, 5) is 18.4. The molecule has 0 aromatic heterocycles. The standard InChI is InChI=1S/C28H29ClN2O2/c1-16(2)21-6-5-7-22(17(3)4)23(21)15-26-28(33)31-25-13-10-19(29)14-24(25)27(30-26)18-8-11-20(32)12-9-18/h5-14,16-17,26,32H,15H2,1-4H3,(H,31,33). The van der Waals surface area contributed by atoms with Gasteiger partial charge in [0.05, 0.1) is 11.4 Å². The predicted octanol–water partition coefficient (Wildman–Crippen LogP) is 6.69. The van der Waals surface area contributed by atoms with Gasteiger partial charge in [-0.15, -0.1) is 0 Å². The molecule has 0 bridgehead atoms. The zero-order valence-electron chi connectivity index (χ0n) is 19.4. The van der Waals surface area contributed by atoms with Gasteiger partial charge in [-0.3, -0.25) is 9.79 Å². The lowest BCUT2D eigenvalue weighted by Gasteiger charge is -2.22. The molecule has 170 valence electrons. The number of carbonyl (C=O) groups is 1. The Morgan fingerprint density at radius 1 is 0.970 bits per heavy atom. The third-order valence-corrected chi connectivity index (χ3v) is 6.35. The van der Waals surface area contributed by atoms with Gasteiger partial charge in [0, 0.05) is 22.6 Å². The van der Waals surface area contributed by atoms with E-state index >= 15 is 0 Å². The number of amides is 1. The topological polar surface area (TPSA) is 61.7 Å². The van der Waals surface area contributed by atoms with Crippen LogP contribution in [0.1, 0.15) is 67.3 Å². The highest BCUT2D eigenvalue weighted by Crippen LogP contribution is 2.32. The molecular weight excluding hydrogens is 432 g/mol. The summed E-state index contributed by atoms with van der Waals surface area (Å²) in [5, 5.41) is 13.4. The Morgan fingerprint density at radius 2 is 1.61 bits per heavy atom. The van der Waals surface area contributed by atoms with E-state index in [9.17, 15) is 9.90 Å². The first-order valence-corrected chi connectivity index (χ1v) is 11.7. The maximum Gasteiger partial charge on any atom is 0.249 e. The van der Waals surface area contributed by atoms with Crippen molar-refractivity contribution in [3.05, 3.63) is 93.5 Å². The second-order valence-electron chi connectivity index (χ2n) is 9.15. The van der Waals surface area contributed by atoms with E-state index < -0.39 is 6.04 Å². The summed E-state index contributed by atoms with van der Waals surface area (Å²) in [7, 11) is 0. The van der Waals surface area contributed by atoms with Crippen molar-refractivity contribution in [3.63, 3.8) is 0 Å². The van der Waals surface area contributed by atoms with E-state index in [1.807, 2.05) is 24.3 Å². The van der Waals surface area contributed by atoms with E-state index in [1.54, 1.807) is 18.2 Å². The minimum Gasteiger partial charge on any atom is -0.508 e. The highest BCUT2D eigenvalue weighted by Gasteiger charge is 2.28. The smallest absolute Gasteiger partial charge is 0.249 e. The molecule has 1 heterocycles. The van der Waals surface area contributed by atoms with Gasteiger partial charge in [-0.2, -0.15) is 0 Å². The van der Waals surface area contributed by atoms with Gasteiger partial charge in [-0.05, 0) is 71.0 Å². The second-order valence-corrected chi connectivity index (χ2v) is 9.58. The Hall–Kier alpha value is -3.11. The van der Waals surface area contributed by atoms with Gasteiger partial charge in [0.15, 0.2) is 0 Å². The maximum atomic E-state index is 13.4. The summed E-state index contributed by atoms with van der Waals surface area (Å²) in [5.41, 5.74) is 6.65. The monoisotopic (exact) mass is 460 g/mol. The van der Waals surface area contributed by atoms with E-state index in [-0.39, 0.29) is 11.7 Å². The van der Waals surface area contributed by atoms with Crippen LogP contribution in [0, 0.1) is 0 Å².